The van der Waals surface area contributed by atoms with Crippen molar-refractivity contribution in [3.8, 4) is 28.0 Å². The highest BCUT2D eigenvalue weighted by Gasteiger charge is 2.23. The van der Waals surface area contributed by atoms with Crippen LogP contribution in [-0.2, 0) is 0 Å². The normalized spacial score (nSPS) is 11.8. The van der Waals surface area contributed by atoms with Crippen molar-refractivity contribution in [3.05, 3.63) is 83.3 Å². The number of aromatic carboxylic acids is 1. The molecule has 0 aliphatic rings. The summed E-state index contributed by atoms with van der Waals surface area (Å²) in [5.74, 6) is -1.38. The number of carboxylic acids is 1. The summed E-state index contributed by atoms with van der Waals surface area (Å²) in [7, 11) is 3.14. The molecule has 1 atom stereocenters. The van der Waals surface area contributed by atoms with Gasteiger partial charge in [-0.05, 0) is 78.6 Å². The summed E-state index contributed by atoms with van der Waals surface area (Å²) in [5.41, 5.74) is 9.98. The SMILES string of the molecule is COc1cc(C(=O)O)cc(-c2ccc3ncc(-c4cc(C)cc(F)c4)c(C(=O)N(C)C[C@H](C)N)c3c2)c1. The molecule has 37 heavy (non-hydrogen) atoms. The zero-order valence-corrected chi connectivity index (χ0v) is 21.1. The van der Waals surface area contributed by atoms with Crippen molar-refractivity contribution in [3.63, 3.8) is 0 Å². The lowest BCUT2D eigenvalue weighted by Crippen LogP contribution is -2.37. The van der Waals surface area contributed by atoms with E-state index in [-0.39, 0.29) is 17.5 Å². The Morgan fingerprint density at radius 3 is 2.49 bits per heavy atom. The minimum Gasteiger partial charge on any atom is -0.497 e. The number of ether oxygens (including phenoxy) is 1. The first-order valence-corrected chi connectivity index (χ1v) is 11.7. The van der Waals surface area contributed by atoms with E-state index in [1.807, 2.05) is 13.0 Å². The van der Waals surface area contributed by atoms with Gasteiger partial charge in [0.05, 0.1) is 23.8 Å². The van der Waals surface area contributed by atoms with Crippen molar-refractivity contribution >= 4 is 22.8 Å². The molecule has 7 nitrogen and oxygen atoms in total. The zero-order chi connectivity index (χ0) is 26.9. The van der Waals surface area contributed by atoms with Crippen molar-refractivity contribution in [2.45, 2.75) is 19.9 Å². The molecule has 1 aromatic heterocycles. The van der Waals surface area contributed by atoms with Gasteiger partial charge < -0.3 is 20.5 Å². The standard InChI is InChI=1S/C29H28FN3O4/c1-16-7-20(10-22(30)8-16)25-14-32-26-6-5-18(19-9-21(29(35)36)12-23(11-19)37-4)13-24(26)27(25)28(34)33(3)15-17(2)31/h5-14,17H,15,31H2,1-4H3,(H,35,36)/t17-/m0/s1. The van der Waals surface area contributed by atoms with Crippen LogP contribution in [0.4, 0.5) is 4.39 Å². The van der Waals surface area contributed by atoms with Crippen LogP contribution in [0.5, 0.6) is 5.75 Å². The van der Waals surface area contributed by atoms with E-state index in [4.69, 9.17) is 10.5 Å². The van der Waals surface area contributed by atoms with Gasteiger partial charge in [-0.2, -0.15) is 0 Å². The number of aromatic nitrogens is 1. The highest BCUT2D eigenvalue weighted by molar-refractivity contribution is 6.12. The van der Waals surface area contributed by atoms with Crippen LogP contribution in [0.25, 0.3) is 33.2 Å². The molecular weight excluding hydrogens is 473 g/mol. The van der Waals surface area contributed by atoms with Crippen LogP contribution < -0.4 is 10.5 Å². The van der Waals surface area contributed by atoms with Crippen molar-refractivity contribution in [1.29, 1.82) is 0 Å². The van der Waals surface area contributed by atoms with Crippen molar-refractivity contribution in [2.24, 2.45) is 5.73 Å². The number of amides is 1. The number of hydrogen-bond acceptors (Lipinski definition) is 5. The Balaban J connectivity index is 2.00. The average molecular weight is 502 g/mol. The van der Waals surface area contributed by atoms with E-state index in [1.165, 1.54) is 30.2 Å². The molecule has 3 N–H and O–H groups in total. The summed E-state index contributed by atoms with van der Waals surface area (Å²) in [5, 5.41) is 10.1. The second kappa shape index (κ2) is 10.4. The second-order valence-electron chi connectivity index (χ2n) is 9.21. The number of likely N-dealkylation sites (N-methyl/N-ethyl adjacent to an activating group) is 1. The van der Waals surface area contributed by atoms with Crippen LogP contribution in [0, 0.1) is 12.7 Å². The van der Waals surface area contributed by atoms with Gasteiger partial charge in [-0.1, -0.05) is 12.1 Å². The molecule has 0 aliphatic heterocycles. The van der Waals surface area contributed by atoms with E-state index in [1.54, 1.807) is 50.5 Å². The van der Waals surface area contributed by atoms with Crippen molar-refractivity contribution in [1.82, 2.24) is 9.88 Å². The molecule has 3 aromatic carbocycles. The Hall–Kier alpha value is -4.30. The lowest BCUT2D eigenvalue weighted by molar-refractivity contribution is 0.0695. The highest BCUT2D eigenvalue weighted by atomic mass is 19.1. The topological polar surface area (TPSA) is 106 Å². The number of methoxy groups -OCH3 is 1. The fraction of sp³-hybridized carbons (Fsp3) is 0.207. The van der Waals surface area contributed by atoms with E-state index >= 15 is 0 Å². The second-order valence-corrected chi connectivity index (χ2v) is 9.21. The molecule has 1 amide bonds. The number of benzene rings is 3. The van der Waals surface area contributed by atoms with Crippen LogP contribution in [0.1, 0.15) is 33.2 Å². The van der Waals surface area contributed by atoms with Gasteiger partial charge in [0.25, 0.3) is 5.91 Å². The zero-order valence-electron chi connectivity index (χ0n) is 21.1. The molecule has 4 rings (SSSR count). The van der Waals surface area contributed by atoms with Crippen LogP contribution in [0.15, 0.2) is 60.8 Å². The third-order valence-corrected chi connectivity index (χ3v) is 6.07. The van der Waals surface area contributed by atoms with Gasteiger partial charge in [0, 0.05) is 36.8 Å². The molecular formula is C29H28FN3O4. The minimum atomic E-state index is -1.08. The van der Waals surface area contributed by atoms with Crippen molar-refractivity contribution < 1.29 is 23.8 Å². The Bertz CT molecular complexity index is 1500. The lowest BCUT2D eigenvalue weighted by Gasteiger charge is -2.22. The average Bonchev–Trinajstić information content (AvgIpc) is 2.85. The Morgan fingerprint density at radius 2 is 1.84 bits per heavy atom. The Kier molecular flexibility index (Phi) is 7.22. The molecule has 0 radical (unpaired) electrons. The number of carboxylic acid groups (broad SMARTS) is 1. The van der Waals surface area contributed by atoms with E-state index in [0.29, 0.717) is 56.6 Å². The highest BCUT2D eigenvalue weighted by Crippen LogP contribution is 2.34. The van der Waals surface area contributed by atoms with Crippen LogP contribution >= 0.6 is 0 Å². The molecule has 0 fully saturated rings. The molecule has 0 saturated carbocycles. The van der Waals surface area contributed by atoms with E-state index < -0.39 is 11.8 Å². The number of carbonyl (C=O) groups excluding carboxylic acids is 1. The maximum Gasteiger partial charge on any atom is 0.335 e. The molecule has 0 bridgehead atoms. The van der Waals surface area contributed by atoms with E-state index in [0.717, 1.165) is 0 Å². The Labute approximate surface area is 214 Å². The quantitative estimate of drug-likeness (QED) is 0.363. The number of nitrogens with two attached hydrogens (primary N) is 1. The molecule has 1 heterocycles. The molecule has 0 aliphatic carbocycles. The minimum absolute atomic E-state index is 0.0736. The number of rotatable bonds is 7. The van der Waals surface area contributed by atoms with Gasteiger partial charge in [0.1, 0.15) is 11.6 Å². The summed E-state index contributed by atoms with van der Waals surface area (Å²) < 4.78 is 19.7. The number of halogens is 1. The molecule has 0 spiro atoms. The first kappa shape index (κ1) is 25.8. The third kappa shape index (κ3) is 5.44. The van der Waals surface area contributed by atoms with Crippen molar-refractivity contribution in [2.75, 3.05) is 20.7 Å². The number of pyridine rings is 1. The number of carbonyl (C=O) groups is 2. The lowest BCUT2D eigenvalue weighted by atomic mass is 9.93. The van der Waals surface area contributed by atoms with Gasteiger partial charge in [0.15, 0.2) is 0 Å². The number of aryl methyl sites for hydroxylation is 1. The van der Waals surface area contributed by atoms with Crippen LogP contribution in [-0.4, -0.2) is 53.6 Å². The fourth-order valence-electron chi connectivity index (χ4n) is 4.43. The number of hydrogen-bond donors (Lipinski definition) is 2. The number of fused-ring (bicyclic) bond motifs is 1. The smallest absolute Gasteiger partial charge is 0.335 e. The summed E-state index contributed by atoms with van der Waals surface area (Å²) in [6, 6.07) is 14.4. The predicted octanol–water partition coefficient (Wildman–Crippen LogP) is 5.14. The van der Waals surface area contributed by atoms with Gasteiger partial charge in [-0.15, -0.1) is 0 Å². The molecule has 0 unspecified atom stereocenters. The third-order valence-electron chi connectivity index (χ3n) is 6.07. The largest absolute Gasteiger partial charge is 0.497 e. The molecule has 4 aromatic rings. The van der Waals surface area contributed by atoms with E-state index in [2.05, 4.69) is 4.98 Å². The first-order chi connectivity index (χ1) is 17.6. The van der Waals surface area contributed by atoms with Crippen LogP contribution in [0.3, 0.4) is 0 Å². The summed E-state index contributed by atoms with van der Waals surface area (Å²) in [6.07, 6.45) is 1.58. The summed E-state index contributed by atoms with van der Waals surface area (Å²) >= 11 is 0. The predicted molar refractivity (Wildman–Crippen MR) is 141 cm³/mol. The molecule has 8 heteroatoms. The van der Waals surface area contributed by atoms with Gasteiger partial charge in [-0.25, -0.2) is 9.18 Å². The monoisotopic (exact) mass is 501 g/mol. The first-order valence-electron chi connectivity index (χ1n) is 11.7. The summed E-state index contributed by atoms with van der Waals surface area (Å²) in [6.45, 7) is 3.92. The Morgan fingerprint density at radius 1 is 1.08 bits per heavy atom. The van der Waals surface area contributed by atoms with Crippen LogP contribution in [0.2, 0.25) is 0 Å². The van der Waals surface area contributed by atoms with Gasteiger partial charge >= 0.3 is 5.97 Å². The molecule has 190 valence electrons. The van der Waals surface area contributed by atoms with Gasteiger partial charge in [0.2, 0.25) is 0 Å². The fourth-order valence-corrected chi connectivity index (χ4v) is 4.43. The summed E-state index contributed by atoms with van der Waals surface area (Å²) in [4.78, 5) is 31.6. The number of nitrogens with zero attached hydrogens (tertiary/aromatic N) is 2. The van der Waals surface area contributed by atoms with E-state index in [9.17, 15) is 19.1 Å². The maximum absolute atomic E-state index is 14.4. The maximum atomic E-state index is 14.4. The van der Waals surface area contributed by atoms with Gasteiger partial charge in [-0.3, -0.25) is 9.78 Å². The molecule has 0 saturated heterocycles.